The summed E-state index contributed by atoms with van der Waals surface area (Å²) in [5.41, 5.74) is 1.03. The normalized spacial score (nSPS) is 12.8. The van der Waals surface area contributed by atoms with Crippen molar-refractivity contribution < 1.29 is 4.74 Å². The molecule has 1 rings (SSSR count). The highest BCUT2D eigenvalue weighted by atomic mass is 16.5. The number of nitriles is 1. The van der Waals surface area contributed by atoms with Gasteiger partial charge in [0.1, 0.15) is 5.75 Å². The quantitative estimate of drug-likeness (QED) is 0.727. The van der Waals surface area contributed by atoms with Gasteiger partial charge >= 0.3 is 0 Å². The van der Waals surface area contributed by atoms with Crippen molar-refractivity contribution in [3.8, 4) is 11.8 Å². The van der Waals surface area contributed by atoms with E-state index in [4.69, 9.17) is 10.00 Å². The molecule has 0 aromatic heterocycles. The molecule has 3 heteroatoms. The second-order valence-electron chi connectivity index (χ2n) is 5.77. The Kier molecular flexibility index (Phi) is 6.54. The highest BCUT2D eigenvalue weighted by Gasteiger charge is 2.15. The van der Waals surface area contributed by atoms with Gasteiger partial charge in [-0.2, -0.15) is 5.26 Å². The first-order valence-electron chi connectivity index (χ1n) is 7.33. The number of hydrogen-bond acceptors (Lipinski definition) is 3. The molecular formula is C17H26N2O. The zero-order chi connectivity index (χ0) is 15.0. The molecule has 0 aliphatic carbocycles. The molecule has 1 aromatic carbocycles. The molecule has 3 nitrogen and oxygen atoms in total. The molecule has 0 aliphatic rings. The van der Waals surface area contributed by atoms with Crippen molar-refractivity contribution in [2.75, 3.05) is 13.7 Å². The Bertz CT molecular complexity index is 427. The minimum atomic E-state index is -0.256. The highest BCUT2D eigenvalue weighted by molar-refractivity contribution is 5.29. The van der Waals surface area contributed by atoms with Gasteiger partial charge in [0.05, 0.1) is 18.1 Å². The van der Waals surface area contributed by atoms with Crippen LogP contribution in [0.2, 0.25) is 0 Å². The highest BCUT2D eigenvalue weighted by Crippen LogP contribution is 2.22. The lowest BCUT2D eigenvalue weighted by molar-refractivity contribution is 0.284. The number of benzene rings is 1. The van der Waals surface area contributed by atoms with E-state index in [-0.39, 0.29) is 5.41 Å². The summed E-state index contributed by atoms with van der Waals surface area (Å²) in [6.45, 7) is 6.76. The van der Waals surface area contributed by atoms with Gasteiger partial charge in [-0.25, -0.2) is 0 Å². The largest absolute Gasteiger partial charge is 0.494 e. The molecule has 1 unspecified atom stereocenters. The van der Waals surface area contributed by atoms with Gasteiger partial charge in [0.25, 0.3) is 0 Å². The van der Waals surface area contributed by atoms with Crippen LogP contribution in [-0.4, -0.2) is 13.7 Å². The standard InChI is InChI=1S/C17H26N2O/c1-5-16(19-4)14-7-9-15(10-8-14)20-12-6-11-17(2,3)13-18/h7-10,16,19H,5-6,11-12H2,1-4H3. The smallest absolute Gasteiger partial charge is 0.119 e. The number of nitrogens with zero attached hydrogens (tertiary/aromatic N) is 1. The molecule has 1 N–H and O–H groups in total. The minimum Gasteiger partial charge on any atom is -0.494 e. The summed E-state index contributed by atoms with van der Waals surface area (Å²) < 4.78 is 5.72. The van der Waals surface area contributed by atoms with Crippen LogP contribution in [-0.2, 0) is 0 Å². The van der Waals surface area contributed by atoms with E-state index in [1.165, 1.54) is 5.56 Å². The van der Waals surface area contributed by atoms with Crippen molar-refractivity contribution in [3.05, 3.63) is 29.8 Å². The molecule has 0 spiro atoms. The molecule has 0 amide bonds. The second-order valence-corrected chi connectivity index (χ2v) is 5.77. The Morgan fingerprint density at radius 3 is 2.45 bits per heavy atom. The molecule has 1 atom stereocenters. The van der Waals surface area contributed by atoms with Crippen LogP contribution < -0.4 is 10.1 Å². The molecule has 0 fully saturated rings. The van der Waals surface area contributed by atoms with Gasteiger partial charge in [0.2, 0.25) is 0 Å². The Balaban J connectivity index is 2.41. The first-order chi connectivity index (χ1) is 9.52. The van der Waals surface area contributed by atoms with E-state index in [1.807, 2.05) is 33.0 Å². The van der Waals surface area contributed by atoms with Gasteiger partial charge in [0, 0.05) is 6.04 Å². The van der Waals surface area contributed by atoms with Crippen LogP contribution in [0.25, 0.3) is 0 Å². The maximum absolute atomic E-state index is 8.94. The van der Waals surface area contributed by atoms with Gasteiger partial charge in [-0.3, -0.25) is 0 Å². The van der Waals surface area contributed by atoms with Gasteiger partial charge in [-0.1, -0.05) is 19.1 Å². The third kappa shape index (κ3) is 5.22. The number of ether oxygens (including phenoxy) is 1. The van der Waals surface area contributed by atoms with Crippen LogP contribution in [0.1, 0.15) is 51.6 Å². The molecule has 0 aliphatic heterocycles. The van der Waals surface area contributed by atoms with Crippen LogP contribution in [0.15, 0.2) is 24.3 Å². The summed E-state index contributed by atoms with van der Waals surface area (Å²) in [5, 5.41) is 12.2. The van der Waals surface area contributed by atoms with Crippen LogP contribution in [0, 0.1) is 16.7 Å². The molecule has 0 saturated heterocycles. The first kappa shape index (κ1) is 16.5. The minimum absolute atomic E-state index is 0.256. The van der Waals surface area contributed by atoms with Crippen LogP contribution in [0.5, 0.6) is 5.75 Å². The summed E-state index contributed by atoms with van der Waals surface area (Å²) in [7, 11) is 1.98. The molecule has 110 valence electrons. The van der Waals surface area contributed by atoms with E-state index in [9.17, 15) is 0 Å². The van der Waals surface area contributed by atoms with Gasteiger partial charge in [0.15, 0.2) is 0 Å². The predicted molar refractivity (Wildman–Crippen MR) is 82.7 cm³/mol. The fourth-order valence-electron chi connectivity index (χ4n) is 2.16. The Morgan fingerprint density at radius 1 is 1.30 bits per heavy atom. The Hall–Kier alpha value is -1.53. The maximum Gasteiger partial charge on any atom is 0.119 e. The van der Waals surface area contributed by atoms with E-state index < -0.39 is 0 Å². The van der Waals surface area contributed by atoms with Crippen molar-refractivity contribution in [2.45, 2.75) is 46.1 Å². The van der Waals surface area contributed by atoms with Gasteiger partial charge < -0.3 is 10.1 Å². The van der Waals surface area contributed by atoms with Crippen LogP contribution in [0.4, 0.5) is 0 Å². The van der Waals surface area contributed by atoms with E-state index in [2.05, 4.69) is 30.4 Å². The summed E-state index contributed by atoms with van der Waals surface area (Å²) in [4.78, 5) is 0. The SMILES string of the molecule is CCC(NC)c1ccc(OCCCC(C)(C)C#N)cc1. The zero-order valence-electron chi connectivity index (χ0n) is 13.1. The Morgan fingerprint density at radius 2 is 1.95 bits per heavy atom. The van der Waals surface area contributed by atoms with Crippen molar-refractivity contribution in [1.29, 1.82) is 5.26 Å². The first-order valence-corrected chi connectivity index (χ1v) is 7.33. The molecule has 0 heterocycles. The molecular weight excluding hydrogens is 248 g/mol. The van der Waals surface area contributed by atoms with Crippen molar-refractivity contribution in [1.82, 2.24) is 5.32 Å². The third-order valence-corrected chi connectivity index (χ3v) is 3.56. The number of rotatable bonds is 8. The summed E-state index contributed by atoms with van der Waals surface area (Å²) in [6.07, 6.45) is 2.83. The molecule has 20 heavy (non-hydrogen) atoms. The average Bonchev–Trinajstić information content (AvgIpc) is 2.46. The van der Waals surface area contributed by atoms with E-state index in [0.717, 1.165) is 25.0 Å². The second kappa shape index (κ2) is 7.91. The van der Waals surface area contributed by atoms with Crippen molar-refractivity contribution in [3.63, 3.8) is 0 Å². The van der Waals surface area contributed by atoms with E-state index in [0.29, 0.717) is 12.6 Å². The molecule has 1 aromatic rings. The molecule has 0 bridgehead atoms. The van der Waals surface area contributed by atoms with Crippen LogP contribution >= 0.6 is 0 Å². The lowest BCUT2D eigenvalue weighted by Crippen LogP contribution is -2.15. The van der Waals surface area contributed by atoms with E-state index >= 15 is 0 Å². The lowest BCUT2D eigenvalue weighted by Gasteiger charge is -2.16. The van der Waals surface area contributed by atoms with Gasteiger partial charge in [-0.15, -0.1) is 0 Å². The topological polar surface area (TPSA) is 45.0 Å². The molecule has 0 saturated carbocycles. The zero-order valence-corrected chi connectivity index (χ0v) is 13.1. The number of hydrogen-bond donors (Lipinski definition) is 1. The summed E-state index contributed by atoms with van der Waals surface area (Å²) in [6, 6.07) is 11.0. The predicted octanol–water partition coefficient (Wildman–Crippen LogP) is 4.07. The van der Waals surface area contributed by atoms with Crippen molar-refractivity contribution >= 4 is 0 Å². The monoisotopic (exact) mass is 274 g/mol. The lowest BCUT2D eigenvalue weighted by atomic mass is 9.90. The summed E-state index contributed by atoms with van der Waals surface area (Å²) >= 11 is 0. The molecule has 0 radical (unpaired) electrons. The third-order valence-electron chi connectivity index (χ3n) is 3.56. The fraction of sp³-hybridized carbons (Fsp3) is 0.588. The number of nitrogens with one attached hydrogen (secondary N) is 1. The van der Waals surface area contributed by atoms with Gasteiger partial charge in [-0.05, 0) is 57.9 Å². The average molecular weight is 274 g/mol. The van der Waals surface area contributed by atoms with Crippen LogP contribution in [0.3, 0.4) is 0 Å². The summed E-state index contributed by atoms with van der Waals surface area (Å²) in [5.74, 6) is 0.898. The maximum atomic E-state index is 8.94. The van der Waals surface area contributed by atoms with Crippen molar-refractivity contribution in [2.24, 2.45) is 5.41 Å². The van der Waals surface area contributed by atoms with E-state index in [1.54, 1.807) is 0 Å². The fourth-order valence-corrected chi connectivity index (χ4v) is 2.16. The Labute approximate surface area is 123 Å².